The zero-order chi connectivity index (χ0) is 13.4. The van der Waals surface area contributed by atoms with E-state index in [1.165, 1.54) is 56.0 Å². The molecule has 4 rings (SSSR count). The molecule has 1 aromatic rings. The van der Waals surface area contributed by atoms with Gasteiger partial charge in [-0.3, -0.25) is 0 Å². The second-order valence-electron chi connectivity index (χ2n) is 6.51. The van der Waals surface area contributed by atoms with Crippen LogP contribution in [0.2, 0.25) is 0 Å². The van der Waals surface area contributed by atoms with Gasteiger partial charge in [0, 0.05) is 35.2 Å². The largest absolute Gasteiger partial charge is 0.313 e. The molecule has 0 saturated carbocycles. The van der Waals surface area contributed by atoms with Crippen LogP contribution in [-0.2, 0) is 0 Å². The number of nitrogens with zero attached hydrogens (tertiary/aromatic N) is 1. The maximum absolute atomic E-state index is 3.88. The lowest BCUT2D eigenvalue weighted by Crippen LogP contribution is -2.46. The molecule has 0 radical (unpaired) electrons. The van der Waals surface area contributed by atoms with Crippen molar-refractivity contribution in [1.82, 2.24) is 10.2 Å². The van der Waals surface area contributed by atoms with E-state index in [9.17, 15) is 0 Å². The Morgan fingerprint density at radius 2 is 2.15 bits per heavy atom. The van der Waals surface area contributed by atoms with Crippen LogP contribution < -0.4 is 5.32 Å². The Labute approximate surface area is 126 Å². The average Bonchev–Trinajstić information content (AvgIpc) is 3.11. The predicted octanol–water partition coefficient (Wildman–Crippen LogP) is 3.09. The number of nitrogens with one attached hydrogen (secondary N) is 1. The second kappa shape index (κ2) is 5.70. The van der Waals surface area contributed by atoms with Crippen LogP contribution in [0.3, 0.4) is 0 Å². The SMILES string of the molecule is c1ccc2c(c1)SCC2CNC1CCN2CCCC2C1. The van der Waals surface area contributed by atoms with Gasteiger partial charge in [-0.05, 0) is 50.4 Å². The van der Waals surface area contributed by atoms with Crippen LogP contribution in [-0.4, -0.2) is 42.4 Å². The summed E-state index contributed by atoms with van der Waals surface area (Å²) in [5, 5.41) is 3.88. The van der Waals surface area contributed by atoms with Gasteiger partial charge in [0.05, 0.1) is 0 Å². The lowest BCUT2D eigenvalue weighted by Gasteiger charge is -2.35. The average molecular weight is 288 g/mol. The summed E-state index contributed by atoms with van der Waals surface area (Å²) < 4.78 is 0. The van der Waals surface area contributed by atoms with E-state index in [1.807, 2.05) is 11.8 Å². The molecule has 3 aliphatic rings. The molecule has 3 aliphatic heterocycles. The topological polar surface area (TPSA) is 15.3 Å². The molecule has 0 amide bonds. The van der Waals surface area contributed by atoms with Crippen LogP contribution in [0.1, 0.15) is 37.2 Å². The second-order valence-corrected chi connectivity index (χ2v) is 7.57. The van der Waals surface area contributed by atoms with Crippen molar-refractivity contribution in [3.05, 3.63) is 29.8 Å². The quantitative estimate of drug-likeness (QED) is 0.920. The standard InChI is InChI=1S/C17H24N2S/c1-2-6-17-16(5-1)13(12-20-17)11-18-14-7-9-19-8-3-4-15(19)10-14/h1-2,5-6,13-15,18H,3-4,7-12H2. The Kier molecular flexibility index (Phi) is 3.76. The van der Waals surface area contributed by atoms with Gasteiger partial charge in [-0.1, -0.05) is 18.2 Å². The highest BCUT2D eigenvalue weighted by Gasteiger charge is 2.32. The molecule has 2 saturated heterocycles. The van der Waals surface area contributed by atoms with Crippen LogP contribution >= 0.6 is 11.8 Å². The molecule has 1 N–H and O–H groups in total. The Balaban J connectivity index is 1.33. The number of hydrogen-bond acceptors (Lipinski definition) is 3. The molecular formula is C17H24N2S. The third kappa shape index (κ3) is 2.51. The molecule has 0 bridgehead atoms. The molecule has 2 nitrogen and oxygen atoms in total. The monoisotopic (exact) mass is 288 g/mol. The minimum atomic E-state index is 0.720. The first kappa shape index (κ1) is 13.2. The fourth-order valence-corrected chi connectivity index (χ4v) is 5.37. The normalized spacial score (nSPS) is 33.1. The molecular weight excluding hydrogens is 264 g/mol. The first-order valence-electron chi connectivity index (χ1n) is 8.09. The van der Waals surface area contributed by atoms with Crippen LogP contribution in [0.25, 0.3) is 0 Å². The fourth-order valence-electron chi connectivity index (χ4n) is 4.12. The predicted molar refractivity (Wildman–Crippen MR) is 85.5 cm³/mol. The summed E-state index contributed by atoms with van der Waals surface area (Å²) in [6.45, 7) is 3.84. The third-order valence-corrected chi connectivity index (χ3v) is 6.52. The van der Waals surface area contributed by atoms with E-state index >= 15 is 0 Å². The first-order chi connectivity index (χ1) is 9.90. The molecule has 1 aromatic carbocycles. The highest BCUT2D eigenvalue weighted by molar-refractivity contribution is 7.99. The van der Waals surface area contributed by atoms with Crippen molar-refractivity contribution in [2.24, 2.45) is 0 Å². The van der Waals surface area contributed by atoms with Crippen molar-refractivity contribution in [3.63, 3.8) is 0 Å². The molecule has 20 heavy (non-hydrogen) atoms. The molecule has 0 spiro atoms. The van der Waals surface area contributed by atoms with E-state index < -0.39 is 0 Å². The number of thioether (sulfide) groups is 1. The summed E-state index contributed by atoms with van der Waals surface area (Å²) in [4.78, 5) is 4.21. The van der Waals surface area contributed by atoms with Crippen molar-refractivity contribution in [2.45, 2.75) is 48.6 Å². The van der Waals surface area contributed by atoms with Crippen molar-refractivity contribution < 1.29 is 0 Å². The zero-order valence-electron chi connectivity index (χ0n) is 12.1. The highest BCUT2D eigenvalue weighted by Crippen LogP contribution is 2.39. The molecule has 3 atom stereocenters. The Morgan fingerprint density at radius 3 is 3.15 bits per heavy atom. The van der Waals surface area contributed by atoms with Gasteiger partial charge < -0.3 is 10.2 Å². The lowest BCUT2D eigenvalue weighted by molar-refractivity contribution is 0.166. The molecule has 3 heterocycles. The van der Waals surface area contributed by atoms with Crippen LogP contribution in [0.15, 0.2) is 29.2 Å². The lowest BCUT2D eigenvalue weighted by atomic mass is 9.96. The van der Waals surface area contributed by atoms with E-state index in [2.05, 4.69) is 34.5 Å². The van der Waals surface area contributed by atoms with E-state index in [0.717, 1.165) is 18.0 Å². The summed E-state index contributed by atoms with van der Waals surface area (Å²) in [6.07, 6.45) is 5.57. The Hall–Kier alpha value is -0.510. The van der Waals surface area contributed by atoms with E-state index in [4.69, 9.17) is 0 Å². The summed E-state index contributed by atoms with van der Waals surface area (Å²) in [7, 11) is 0. The maximum atomic E-state index is 3.88. The molecule has 3 heteroatoms. The maximum Gasteiger partial charge on any atom is 0.0111 e. The number of hydrogen-bond donors (Lipinski definition) is 1. The van der Waals surface area contributed by atoms with Gasteiger partial charge in [-0.25, -0.2) is 0 Å². The number of piperidine rings is 1. The summed E-state index contributed by atoms with van der Waals surface area (Å²) >= 11 is 2.03. The number of fused-ring (bicyclic) bond motifs is 2. The van der Waals surface area contributed by atoms with Gasteiger partial charge in [0.15, 0.2) is 0 Å². The molecule has 2 fully saturated rings. The van der Waals surface area contributed by atoms with Crippen molar-refractivity contribution in [1.29, 1.82) is 0 Å². The fraction of sp³-hybridized carbons (Fsp3) is 0.647. The summed E-state index contributed by atoms with van der Waals surface area (Å²) in [6, 6.07) is 10.6. The molecule has 108 valence electrons. The Morgan fingerprint density at radius 1 is 1.20 bits per heavy atom. The first-order valence-corrected chi connectivity index (χ1v) is 9.08. The van der Waals surface area contributed by atoms with Crippen molar-refractivity contribution in [3.8, 4) is 0 Å². The van der Waals surface area contributed by atoms with Gasteiger partial charge >= 0.3 is 0 Å². The summed E-state index contributed by atoms with van der Waals surface area (Å²) in [5.41, 5.74) is 1.57. The van der Waals surface area contributed by atoms with Gasteiger partial charge in [-0.15, -0.1) is 11.8 Å². The van der Waals surface area contributed by atoms with Crippen LogP contribution in [0.4, 0.5) is 0 Å². The van der Waals surface area contributed by atoms with Crippen molar-refractivity contribution >= 4 is 11.8 Å². The van der Waals surface area contributed by atoms with Crippen molar-refractivity contribution in [2.75, 3.05) is 25.4 Å². The van der Waals surface area contributed by atoms with Crippen LogP contribution in [0, 0.1) is 0 Å². The van der Waals surface area contributed by atoms with E-state index in [1.54, 1.807) is 5.56 Å². The Bertz CT molecular complexity index is 476. The molecule has 0 aliphatic carbocycles. The number of benzene rings is 1. The third-order valence-electron chi connectivity index (χ3n) is 5.27. The van der Waals surface area contributed by atoms with Gasteiger partial charge in [0.25, 0.3) is 0 Å². The highest BCUT2D eigenvalue weighted by atomic mass is 32.2. The van der Waals surface area contributed by atoms with E-state index in [0.29, 0.717) is 0 Å². The smallest absolute Gasteiger partial charge is 0.0111 e. The van der Waals surface area contributed by atoms with Gasteiger partial charge in [0.2, 0.25) is 0 Å². The minimum Gasteiger partial charge on any atom is -0.313 e. The zero-order valence-corrected chi connectivity index (χ0v) is 12.9. The van der Waals surface area contributed by atoms with Gasteiger partial charge in [-0.2, -0.15) is 0 Å². The van der Waals surface area contributed by atoms with E-state index in [-0.39, 0.29) is 0 Å². The van der Waals surface area contributed by atoms with Gasteiger partial charge in [0.1, 0.15) is 0 Å². The minimum absolute atomic E-state index is 0.720. The number of rotatable bonds is 3. The summed E-state index contributed by atoms with van der Waals surface area (Å²) in [5.74, 6) is 1.98. The molecule has 3 unspecified atom stereocenters. The van der Waals surface area contributed by atoms with Crippen LogP contribution in [0.5, 0.6) is 0 Å². The molecule has 0 aromatic heterocycles.